The van der Waals surface area contributed by atoms with Gasteiger partial charge in [0.2, 0.25) is 0 Å². The van der Waals surface area contributed by atoms with Crippen molar-refractivity contribution in [3.63, 3.8) is 0 Å². The number of hydrogen-bond donors (Lipinski definition) is 4. The van der Waals surface area contributed by atoms with Crippen LogP contribution in [0, 0.1) is 11.3 Å². The molecule has 1 heterocycles. The SMILES string of the molecule is N=C(N)c1ccc(OCCCCC(CC2CCCCC2)(C(=O)O)N2CCNC(=O)C2=O)cc1. The first kappa shape index (κ1) is 24.5. The summed E-state index contributed by atoms with van der Waals surface area (Å²) in [7, 11) is 0. The van der Waals surface area contributed by atoms with Gasteiger partial charge in [-0.25, -0.2) is 4.79 Å². The number of hydrogen-bond acceptors (Lipinski definition) is 5. The number of amidine groups is 1. The second kappa shape index (κ2) is 11.2. The Hall–Kier alpha value is -3.10. The van der Waals surface area contributed by atoms with E-state index in [1.807, 2.05) is 0 Å². The minimum absolute atomic E-state index is 0.00883. The van der Waals surface area contributed by atoms with Crippen LogP contribution in [0.4, 0.5) is 0 Å². The van der Waals surface area contributed by atoms with Gasteiger partial charge in [-0.2, -0.15) is 0 Å². The molecule has 1 aliphatic heterocycles. The molecule has 5 N–H and O–H groups in total. The van der Waals surface area contributed by atoms with Gasteiger partial charge in [0, 0.05) is 18.7 Å². The highest BCUT2D eigenvalue weighted by Gasteiger charge is 2.49. The lowest BCUT2D eigenvalue weighted by atomic mass is 9.76. The van der Waals surface area contributed by atoms with Crippen molar-refractivity contribution >= 4 is 23.6 Å². The Morgan fingerprint density at radius 2 is 1.88 bits per heavy atom. The van der Waals surface area contributed by atoms with E-state index in [9.17, 15) is 19.5 Å². The summed E-state index contributed by atoms with van der Waals surface area (Å²) in [5.41, 5.74) is 4.70. The van der Waals surface area contributed by atoms with Gasteiger partial charge < -0.3 is 25.8 Å². The largest absolute Gasteiger partial charge is 0.494 e. The third-order valence-corrected chi connectivity index (χ3v) is 6.74. The van der Waals surface area contributed by atoms with Gasteiger partial charge in [-0.15, -0.1) is 0 Å². The summed E-state index contributed by atoms with van der Waals surface area (Å²) >= 11 is 0. The molecule has 0 bridgehead atoms. The zero-order valence-electron chi connectivity index (χ0n) is 19.0. The summed E-state index contributed by atoms with van der Waals surface area (Å²) < 4.78 is 5.75. The van der Waals surface area contributed by atoms with Crippen LogP contribution in [0.1, 0.15) is 63.4 Å². The van der Waals surface area contributed by atoms with Crippen LogP contribution in [0.3, 0.4) is 0 Å². The van der Waals surface area contributed by atoms with Gasteiger partial charge in [0.15, 0.2) is 0 Å². The quantitative estimate of drug-likeness (QED) is 0.173. The molecule has 9 nitrogen and oxygen atoms in total. The maximum Gasteiger partial charge on any atom is 0.329 e. The number of nitrogen functional groups attached to an aromatic ring is 1. The fourth-order valence-electron chi connectivity index (χ4n) is 4.96. The number of nitrogens with zero attached hydrogens (tertiary/aromatic N) is 1. The summed E-state index contributed by atoms with van der Waals surface area (Å²) in [5.74, 6) is -1.63. The molecule has 2 fully saturated rings. The molecule has 2 aliphatic rings. The lowest BCUT2D eigenvalue weighted by molar-refractivity contribution is -0.166. The topological polar surface area (TPSA) is 146 Å². The van der Waals surface area contributed by atoms with E-state index >= 15 is 0 Å². The molecular formula is C24H34N4O5. The highest BCUT2D eigenvalue weighted by molar-refractivity contribution is 6.36. The van der Waals surface area contributed by atoms with Gasteiger partial charge in [-0.3, -0.25) is 15.0 Å². The molecule has 180 valence electrons. The molecule has 1 aliphatic carbocycles. The second-order valence-corrected chi connectivity index (χ2v) is 9.00. The molecule has 1 unspecified atom stereocenters. The monoisotopic (exact) mass is 458 g/mol. The highest BCUT2D eigenvalue weighted by Crippen LogP contribution is 2.37. The van der Waals surface area contributed by atoms with Crippen molar-refractivity contribution in [1.29, 1.82) is 5.41 Å². The number of rotatable bonds is 11. The van der Waals surface area contributed by atoms with Crippen molar-refractivity contribution in [1.82, 2.24) is 10.2 Å². The summed E-state index contributed by atoms with van der Waals surface area (Å²) in [6, 6.07) is 6.91. The molecule has 0 radical (unpaired) electrons. The number of carbonyl (C=O) groups excluding carboxylic acids is 2. The number of carboxylic acid groups (broad SMARTS) is 1. The van der Waals surface area contributed by atoms with Crippen molar-refractivity contribution in [3.8, 4) is 5.75 Å². The van der Waals surface area contributed by atoms with Crippen molar-refractivity contribution in [2.75, 3.05) is 19.7 Å². The number of aliphatic carboxylic acids is 1. The van der Waals surface area contributed by atoms with Gasteiger partial charge in [0.05, 0.1) is 6.61 Å². The number of amides is 2. The predicted molar refractivity (Wildman–Crippen MR) is 123 cm³/mol. The second-order valence-electron chi connectivity index (χ2n) is 9.00. The van der Waals surface area contributed by atoms with Gasteiger partial charge in [-0.1, -0.05) is 32.1 Å². The standard InChI is InChI=1S/C24H34N4O5/c25-20(26)18-8-10-19(11-9-18)33-15-5-4-12-24(23(31)32,16-17-6-2-1-3-7-17)28-14-13-27-21(29)22(28)30/h8-11,17H,1-7,12-16H2,(H3,25,26)(H,27,29)(H,31,32). The number of carbonyl (C=O) groups is 3. The van der Waals surface area contributed by atoms with Crippen molar-refractivity contribution in [3.05, 3.63) is 29.8 Å². The van der Waals surface area contributed by atoms with Crippen molar-refractivity contribution in [2.45, 2.75) is 63.3 Å². The smallest absolute Gasteiger partial charge is 0.329 e. The van der Waals surface area contributed by atoms with Crippen molar-refractivity contribution in [2.24, 2.45) is 11.7 Å². The van der Waals surface area contributed by atoms with E-state index < -0.39 is 23.3 Å². The third-order valence-electron chi connectivity index (χ3n) is 6.74. The number of carboxylic acids is 1. The molecule has 1 atom stereocenters. The van der Waals surface area contributed by atoms with Crippen LogP contribution < -0.4 is 15.8 Å². The number of piperazine rings is 1. The lowest BCUT2D eigenvalue weighted by Crippen LogP contribution is -2.65. The summed E-state index contributed by atoms with van der Waals surface area (Å²) in [5, 5.41) is 20.3. The van der Waals surface area contributed by atoms with E-state index in [0.29, 0.717) is 37.2 Å². The Balaban J connectivity index is 1.65. The van der Waals surface area contributed by atoms with E-state index in [4.69, 9.17) is 15.9 Å². The molecule has 1 saturated heterocycles. The molecule has 2 amide bonds. The first-order valence-electron chi connectivity index (χ1n) is 11.7. The van der Waals surface area contributed by atoms with E-state index in [1.165, 1.54) is 4.90 Å². The van der Waals surface area contributed by atoms with Crippen LogP contribution >= 0.6 is 0 Å². The van der Waals surface area contributed by atoms with Gasteiger partial charge in [0.1, 0.15) is 17.1 Å². The molecule has 9 heteroatoms. The third kappa shape index (κ3) is 6.03. The van der Waals surface area contributed by atoms with E-state index in [1.54, 1.807) is 24.3 Å². The number of ether oxygens (including phenoxy) is 1. The summed E-state index contributed by atoms with van der Waals surface area (Å²) in [6.07, 6.45) is 7.06. The summed E-state index contributed by atoms with van der Waals surface area (Å²) in [4.78, 5) is 38.6. The van der Waals surface area contributed by atoms with Gasteiger partial charge in [-0.05, 0) is 55.9 Å². The fourth-order valence-corrected chi connectivity index (χ4v) is 4.96. The summed E-state index contributed by atoms with van der Waals surface area (Å²) in [6.45, 7) is 0.874. The normalized spacial score (nSPS) is 19.0. The Bertz CT molecular complexity index is 866. The number of unbranched alkanes of at least 4 members (excludes halogenated alkanes) is 1. The fraction of sp³-hybridized carbons (Fsp3) is 0.583. The van der Waals surface area contributed by atoms with Crippen LogP contribution in [0.2, 0.25) is 0 Å². The average molecular weight is 459 g/mol. The van der Waals surface area contributed by atoms with Gasteiger partial charge in [0.25, 0.3) is 0 Å². The Labute approximate surface area is 194 Å². The molecule has 3 rings (SSSR count). The zero-order valence-corrected chi connectivity index (χ0v) is 19.0. The van der Waals surface area contributed by atoms with E-state index in [-0.39, 0.29) is 31.3 Å². The Morgan fingerprint density at radius 1 is 1.18 bits per heavy atom. The molecular weight excluding hydrogens is 424 g/mol. The maximum atomic E-state index is 12.7. The van der Waals surface area contributed by atoms with Crippen LogP contribution in [-0.2, 0) is 14.4 Å². The van der Waals surface area contributed by atoms with Crippen LogP contribution in [0.5, 0.6) is 5.75 Å². The molecule has 33 heavy (non-hydrogen) atoms. The predicted octanol–water partition coefficient (Wildman–Crippen LogP) is 2.27. The van der Waals surface area contributed by atoms with E-state index in [2.05, 4.69) is 5.32 Å². The van der Waals surface area contributed by atoms with Crippen LogP contribution in [0.15, 0.2) is 24.3 Å². The number of nitrogens with one attached hydrogen (secondary N) is 2. The van der Waals surface area contributed by atoms with Crippen molar-refractivity contribution < 1.29 is 24.2 Å². The van der Waals surface area contributed by atoms with Crippen LogP contribution in [-0.4, -0.2) is 58.9 Å². The first-order valence-corrected chi connectivity index (χ1v) is 11.7. The first-order chi connectivity index (χ1) is 15.8. The Morgan fingerprint density at radius 3 is 2.52 bits per heavy atom. The minimum atomic E-state index is -1.38. The number of benzene rings is 1. The highest BCUT2D eigenvalue weighted by atomic mass is 16.5. The molecule has 1 saturated carbocycles. The number of nitrogens with two attached hydrogens (primary N) is 1. The molecule has 1 aromatic carbocycles. The van der Waals surface area contributed by atoms with Gasteiger partial charge >= 0.3 is 17.8 Å². The van der Waals surface area contributed by atoms with Crippen LogP contribution in [0.25, 0.3) is 0 Å². The maximum absolute atomic E-state index is 12.7. The zero-order chi connectivity index (χ0) is 23.8. The minimum Gasteiger partial charge on any atom is -0.494 e. The van der Waals surface area contributed by atoms with E-state index in [0.717, 1.165) is 32.1 Å². The average Bonchev–Trinajstić information content (AvgIpc) is 2.80. The molecule has 1 aromatic rings. The Kier molecular flexibility index (Phi) is 8.30. The molecule has 0 aromatic heterocycles. The lowest BCUT2D eigenvalue weighted by Gasteiger charge is -2.44. The molecule has 0 spiro atoms.